The van der Waals surface area contributed by atoms with E-state index in [0.29, 0.717) is 15.6 Å². The van der Waals surface area contributed by atoms with Crippen molar-refractivity contribution in [1.82, 2.24) is 4.90 Å². The molecule has 2 aromatic rings. The first-order chi connectivity index (χ1) is 11.5. The van der Waals surface area contributed by atoms with Gasteiger partial charge in [0.2, 0.25) is 5.91 Å². The average Bonchev–Trinajstić information content (AvgIpc) is 3.38. The van der Waals surface area contributed by atoms with Crippen LogP contribution < -0.4 is 0 Å². The average molecular weight is 364 g/mol. The van der Waals surface area contributed by atoms with E-state index in [1.165, 1.54) is 12.1 Å². The molecule has 0 saturated heterocycles. The Morgan fingerprint density at radius 2 is 1.96 bits per heavy atom. The van der Waals surface area contributed by atoms with Crippen molar-refractivity contribution >= 4 is 35.2 Å². The summed E-state index contributed by atoms with van der Waals surface area (Å²) in [6.07, 6.45) is 5.05. The van der Waals surface area contributed by atoms with Gasteiger partial charge in [0.25, 0.3) is 0 Å². The topological polar surface area (TPSA) is 20.3 Å². The third kappa shape index (κ3) is 4.16. The van der Waals surface area contributed by atoms with Crippen LogP contribution in [0.3, 0.4) is 0 Å². The minimum Gasteiger partial charge on any atom is -0.332 e. The Bertz CT molecular complexity index is 787. The van der Waals surface area contributed by atoms with E-state index < -0.39 is 0 Å². The van der Waals surface area contributed by atoms with Gasteiger partial charge >= 0.3 is 0 Å². The van der Waals surface area contributed by atoms with Gasteiger partial charge in [-0.25, -0.2) is 4.39 Å². The van der Waals surface area contributed by atoms with E-state index in [4.69, 9.17) is 23.2 Å². The van der Waals surface area contributed by atoms with Crippen LogP contribution in [-0.2, 0) is 11.3 Å². The van der Waals surface area contributed by atoms with Gasteiger partial charge in [-0.15, -0.1) is 0 Å². The standard InChI is InChI=1S/C19H16Cl2FNO/c20-15-7-5-13(17(21)11-15)6-10-19(24)23(16-8-9-16)12-14-3-1-2-4-18(14)22/h1-7,10-11,16H,8-9,12H2/b10-6+. The lowest BCUT2D eigenvalue weighted by molar-refractivity contribution is -0.127. The molecular weight excluding hydrogens is 348 g/mol. The molecule has 0 atom stereocenters. The highest BCUT2D eigenvalue weighted by Crippen LogP contribution is 2.29. The van der Waals surface area contributed by atoms with Gasteiger partial charge in [-0.3, -0.25) is 4.79 Å². The van der Waals surface area contributed by atoms with Crippen LogP contribution in [0.2, 0.25) is 10.0 Å². The molecule has 5 heteroatoms. The highest BCUT2D eigenvalue weighted by molar-refractivity contribution is 6.35. The summed E-state index contributed by atoms with van der Waals surface area (Å²) in [7, 11) is 0. The second-order valence-electron chi connectivity index (χ2n) is 5.79. The molecule has 1 aliphatic rings. The molecule has 0 N–H and O–H groups in total. The summed E-state index contributed by atoms with van der Waals surface area (Å²) in [4.78, 5) is 14.2. The van der Waals surface area contributed by atoms with E-state index in [2.05, 4.69) is 0 Å². The van der Waals surface area contributed by atoms with Gasteiger partial charge in [0.1, 0.15) is 5.82 Å². The van der Waals surface area contributed by atoms with Gasteiger partial charge in [0.05, 0.1) is 0 Å². The Kier molecular flexibility index (Phi) is 5.22. The van der Waals surface area contributed by atoms with Crippen LogP contribution >= 0.6 is 23.2 Å². The van der Waals surface area contributed by atoms with Crippen molar-refractivity contribution in [3.8, 4) is 0 Å². The van der Waals surface area contributed by atoms with E-state index in [0.717, 1.165) is 18.4 Å². The lowest BCUT2D eigenvalue weighted by Crippen LogP contribution is -2.31. The van der Waals surface area contributed by atoms with Gasteiger partial charge in [-0.2, -0.15) is 0 Å². The van der Waals surface area contributed by atoms with Crippen molar-refractivity contribution in [2.75, 3.05) is 0 Å². The summed E-state index contributed by atoms with van der Waals surface area (Å²) in [6, 6.07) is 11.8. The molecule has 1 aliphatic carbocycles. The zero-order valence-corrected chi connectivity index (χ0v) is 14.4. The number of hydrogen-bond acceptors (Lipinski definition) is 1. The first-order valence-electron chi connectivity index (χ1n) is 7.72. The molecular formula is C19H16Cl2FNO. The summed E-state index contributed by atoms with van der Waals surface area (Å²) >= 11 is 12.0. The highest BCUT2D eigenvalue weighted by atomic mass is 35.5. The third-order valence-corrected chi connectivity index (χ3v) is 4.50. The number of carbonyl (C=O) groups is 1. The lowest BCUT2D eigenvalue weighted by atomic mass is 10.2. The van der Waals surface area contributed by atoms with Crippen LogP contribution in [0.5, 0.6) is 0 Å². The molecule has 2 nitrogen and oxygen atoms in total. The predicted octanol–water partition coefficient (Wildman–Crippen LogP) is 5.34. The summed E-state index contributed by atoms with van der Waals surface area (Å²) in [6.45, 7) is 0.273. The van der Waals surface area contributed by atoms with Crippen molar-refractivity contribution < 1.29 is 9.18 Å². The van der Waals surface area contributed by atoms with E-state index in [-0.39, 0.29) is 24.3 Å². The maximum atomic E-state index is 13.9. The number of amides is 1. The van der Waals surface area contributed by atoms with Crippen LogP contribution in [-0.4, -0.2) is 16.8 Å². The monoisotopic (exact) mass is 363 g/mol. The maximum absolute atomic E-state index is 13.9. The molecule has 2 aromatic carbocycles. The fourth-order valence-electron chi connectivity index (χ4n) is 2.48. The zero-order valence-electron chi connectivity index (χ0n) is 12.9. The van der Waals surface area contributed by atoms with Crippen molar-refractivity contribution in [3.05, 3.63) is 75.5 Å². The fourth-order valence-corrected chi connectivity index (χ4v) is 2.95. The van der Waals surface area contributed by atoms with Gasteiger partial charge in [-0.05, 0) is 42.7 Å². The van der Waals surface area contributed by atoms with Crippen LogP contribution in [0.4, 0.5) is 4.39 Å². The van der Waals surface area contributed by atoms with Gasteiger partial charge in [0, 0.05) is 34.3 Å². The number of rotatable bonds is 5. The van der Waals surface area contributed by atoms with Crippen LogP contribution in [0.25, 0.3) is 6.08 Å². The van der Waals surface area contributed by atoms with E-state index in [1.807, 2.05) is 0 Å². The largest absolute Gasteiger partial charge is 0.332 e. The van der Waals surface area contributed by atoms with Gasteiger partial charge in [-0.1, -0.05) is 47.5 Å². The Balaban J connectivity index is 1.75. The number of halogens is 3. The molecule has 0 heterocycles. The normalized spacial score (nSPS) is 14.1. The molecule has 0 spiro atoms. The zero-order chi connectivity index (χ0) is 17.1. The highest BCUT2D eigenvalue weighted by Gasteiger charge is 2.32. The van der Waals surface area contributed by atoms with E-state index in [1.54, 1.807) is 47.4 Å². The molecule has 0 bridgehead atoms. The third-order valence-electron chi connectivity index (χ3n) is 3.94. The number of hydrogen-bond donors (Lipinski definition) is 0. The first-order valence-corrected chi connectivity index (χ1v) is 8.47. The molecule has 124 valence electrons. The molecule has 24 heavy (non-hydrogen) atoms. The van der Waals surface area contributed by atoms with Crippen molar-refractivity contribution in [1.29, 1.82) is 0 Å². The Hall–Kier alpha value is -1.84. The summed E-state index contributed by atoms with van der Waals surface area (Å²) in [5.74, 6) is -0.438. The van der Waals surface area contributed by atoms with Gasteiger partial charge < -0.3 is 4.90 Å². The molecule has 1 fully saturated rings. The predicted molar refractivity (Wildman–Crippen MR) is 95.5 cm³/mol. The van der Waals surface area contributed by atoms with Crippen molar-refractivity contribution in [3.63, 3.8) is 0 Å². The molecule has 1 amide bonds. The first kappa shape index (κ1) is 17.0. The van der Waals surface area contributed by atoms with Crippen LogP contribution in [0.15, 0.2) is 48.5 Å². The minimum atomic E-state index is -0.291. The Labute approximate surface area is 150 Å². The maximum Gasteiger partial charge on any atom is 0.247 e. The van der Waals surface area contributed by atoms with Crippen LogP contribution in [0, 0.1) is 5.82 Å². The molecule has 0 unspecified atom stereocenters. The minimum absolute atomic E-state index is 0.147. The molecule has 0 aliphatic heterocycles. The van der Waals surface area contributed by atoms with Gasteiger partial charge in [0.15, 0.2) is 0 Å². The Morgan fingerprint density at radius 1 is 1.21 bits per heavy atom. The number of carbonyl (C=O) groups excluding carboxylic acids is 1. The molecule has 0 aromatic heterocycles. The summed E-state index contributed by atoms with van der Waals surface area (Å²) in [5.41, 5.74) is 1.24. The summed E-state index contributed by atoms with van der Waals surface area (Å²) in [5, 5.41) is 1.03. The van der Waals surface area contributed by atoms with E-state index >= 15 is 0 Å². The van der Waals surface area contributed by atoms with E-state index in [9.17, 15) is 9.18 Å². The second-order valence-corrected chi connectivity index (χ2v) is 6.63. The van der Waals surface area contributed by atoms with Crippen molar-refractivity contribution in [2.24, 2.45) is 0 Å². The molecule has 1 saturated carbocycles. The fraction of sp³-hybridized carbons (Fsp3) is 0.211. The molecule has 0 radical (unpaired) electrons. The quantitative estimate of drug-likeness (QED) is 0.656. The molecule has 3 rings (SSSR count). The number of nitrogens with zero attached hydrogens (tertiary/aromatic N) is 1. The smallest absolute Gasteiger partial charge is 0.247 e. The van der Waals surface area contributed by atoms with Crippen molar-refractivity contribution in [2.45, 2.75) is 25.4 Å². The lowest BCUT2D eigenvalue weighted by Gasteiger charge is -2.21. The Morgan fingerprint density at radius 3 is 2.62 bits per heavy atom. The second kappa shape index (κ2) is 7.37. The SMILES string of the molecule is O=C(/C=C/c1ccc(Cl)cc1Cl)N(Cc1ccccc1F)C1CC1. The van der Waals surface area contributed by atoms with Crippen LogP contribution in [0.1, 0.15) is 24.0 Å². The number of benzene rings is 2. The summed E-state index contributed by atoms with van der Waals surface area (Å²) < 4.78 is 13.9.